The Kier molecular flexibility index (Phi) is 5.88. The Morgan fingerprint density at radius 3 is 2.61 bits per heavy atom. The second-order valence-corrected chi connectivity index (χ2v) is 7.34. The number of amides is 2. The Morgan fingerprint density at radius 1 is 1.03 bits per heavy atom. The van der Waals surface area contributed by atoms with Gasteiger partial charge >= 0.3 is 0 Å². The number of hydrogen-bond acceptors (Lipinski definition) is 5. The molecule has 3 aromatic rings. The quantitative estimate of drug-likeness (QED) is 0.627. The molecule has 8 nitrogen and oxygen atoms in total. The number of aryl methyl sites for hydroxylation is 1. The zero-order chi connectivity index (χ0) is 21.8. The highest BCUT2D eigenvalue weighted by atomic mass is 16.6. The van der Waals surface area contributed by atoms with Gasteiger partial charge in [0.25, 0.3) is 5.56 Å². The van der Waals surface area contributed by atoms with Gasteiger partial charge < -0.3 is 24.7 Å². The first kappa shape index (κ1) is 20.5. The molecule has 31 heavy (non-hydrogen) atoms. The zero-order valence-electron chi connectivity index (χ0n) is 17.1. The first-order chi connectivity index (χ1) is 15.0. The topological polar surface area (TPSA) is 98.7 Å². The average molecular weight is 421 g/mol. The molecule has 1 aliphatic rings. The number of ether oxygens (including phenoxy) is 2. The highest BCUT2D eigenvalue weighted by molar-refractivity contribution is 5.85. The van der Waals surface area contributed by atoms with Crippen molar-refractivity contribution in [1.82, 2.24) is 15.2 Å². The van der Waals surface area contributed by atoms with E-state index in [0.29, 0.717) is 29.2 Å². The number of rotatable bonds is 6. The monoisotopic (exact) mass is 421 g/mol. The molecule has 1 aromatic heterocycles. The van der Waals surface area contributed by atoms with E-state index in [1.165, 1.54) is 4.57 Å². The molecule has 2 N–H and O–H groups in total. The molecule has 0 bridgehead atoms. The largest absolute Gasteiger partial charge is 0.486 e. The molecule has 1 aliphatic heterocycles. The Morgan fingerprint density at radius 2 is 1.77 bits per heavy atom. The average Bonchev–Trinajstić information content (AvgIpc) is 2.79. The third-order valence-corrected chi connectivity index (χ3v) is 5.07. The maximum atomic E-state index is 12.7. The van der Waals surface area contributed by atoms with Crippen LogP contribution in [0.5, 0.6) is 11.5 Å². The predicted octanol–water partition coefficient (Wildman–Crippen LogP) is 1.38. The van der Waals surface area contributed by atoms with E-state index >= 15 is 0 Å². The molecule has 1 atom stereocenters. The fraction of sp³-hybridized carbons (Fsp3) is 0.261. The molecule has 4 rings (SSSR count). The van der Waals surface area contributed by atoms with Crippen LogP contribution in [0.4, 0.5) is 0 Å². The van der Waals surface area contributed by atoms with E-state index in [9.17, 15) is 14.4 Å². The standard InChI is InChI=1S/C23H23N3O5/c1-15-10-16-6-2-3-7-18(16)23(29)26(15)13-22(28)25-12-21(27)24-11-17-14-30-19-8-4-5-9-20(19)31-17/h2-10,17H,11-14H2,1H3,(H,24,27)(H,25,28)/t17-/m1/s1. The number of para-hydroxylation sites is 2. The first-order valence-corrected chi connectivity index (χ1v) is 10.0. The zero-order valence-corrected chi connectivity index (χ0v) is 17.1. The summed E-state index contributed by atoms with van der Waals surface area (Å²) in [7, 11) is 0. The summed E-state index contributed by atoms with van der Waals surface area (Å²) < 4.78 is 12.8. The summed E-state index contributed by atoms with van der Waals surface area (Å²) in [5, 5.41) is 6.66. The van der Waals surface area contributed by atoms with Crippen molar-refractivity contribution >= 4 is 22.6 Å². The summed E-state index contributed by atoms with van der Waals surface area (Å²) in [4.78, 5) is 37.1. The maximum Gasteiger partial charge on any atom is 0.259 e. The third-order valence-electron chi connectivity index (χ3n) is 5.07. The Bertz CT molecular complexity index is 1190. The third kappa shape index (κ3) is 4.69. The number of nitrogens with zero attached hydrogens (tertiary/aromatic N) is 1. The number of pyridine rings is 1. The van der Waals surface area contributed by atoms with Crippen LogP contribution >= 0.6 is 0 Å². The lowest BCUT2D eigenvalue weighted by Gasteiger charge is -2.26. The predicted molar refractivity (Wildman–Crippen MR) is 115 cm³/mol. The smallest absolute Gasteiger partial charge is 0.259 e. The molecular weight excluding hydrogens is 398 g/mol. The van der Waals surface area contributed by atoms with Gasteiger partial charge in [-0.15, -0.1) is 0 Å². The van der Waals surface area contributed by atoms with E-state index in [1.807, 2.05) is 36.4 Å². The summed E-state index contributed by atoms with van der Waals surface area (Å²) >= 11 is 0. The number of carbonyl (C=O) groups excluding carboxylic acids is 2. The maximum absolute atomic E-state index is 12.7. The minimum Gasteiger partial charge on any atom is -0.486 e. The number of carbonyl (C=O) groups is 2. The van der Waals surface area contributed by atoms with Crippen molar-refractivity contribution in [2.75, 3.05) is 19.7 Å². The van der Waals surface area contributed by atoms with Crippen LogP contribution in [0.3, 0.4) is 0 Å². The van der Waals surface area contributed by atoms with Crippen LogP contribution in [-0.4, -0.2) is 42.2 Å². The van der Waals surface area contributed by atoms with Gasteiger partial charge in [0, 0.05) is 11.1 Å². The summed E-state index contributed by atoms with van der Waals surface area (Å²) in [5.41, 5.74) is 0.447. The molecule has 2 heterocycles. The molecule has 0 radical (unpaired) electrons. The summed E-state index contributed by atoms with van der Waals surface area (Å²) in [6.45, 7) is 2.02. The molecule has 0 saturated heterocycles. The summed E-state index contributed by atoms with van der Waals surface area (Å²) in [5.74, 6) is 0.550. The van der Waals surface area contributed by atoms with E-state index < -0.39 is 5.91 Å². The molecular formula is C23H23N3O5. The van der Waals surface area contributed by atoms with Gasteiger partial charge in [0.1, 0.15) is 19.3 Å². The normalized spacial score (nSPS) is 14.8. The second kappa shape index (κ2) is 8.91. The fourth-order valence-electron chi connectivity index (χ4n) is 3.45. The summed E-state index contributed by atoms with van der Waals surface area (Å²) in [6, 6.07) is 16.4. The van der Waals surface area contributed by atoms with Gasteiger partial charge in [0.2, 0.25) is 11.8 Å². The van der Waals surface area contributed by atoms with Gasteiger partial charge in [0.15, 0.2) is 11.5 Å². The molecule has 2 aromatic carbocycles. The van der Waals surface area contributed by atoms with Crippen LogP contribution in [0.2, 0.25) is 0 Å². The molecule has 8 heteroatoms. The molecule has 0 unspecified atom stereocenters. The molecule has 0 spiro atoms. The van der Waals surface area contributed by atoms with Crippen LogP contribution in [0.15, 0.2) is 59.4 Å². The molecule has 0 aliphatic carbocycles. The van der Waals surface area contributed by atoms with Crippen molar-refractivity contribution in [3.8, 4) is 11.5 Å². The second-order valence-electron chi connectivity index (χ2n) is 7.34. The lowest BCUT2D eigenvalue weighted by atomic mass is 10.1. The van der Waals surface area contributed by atoms with Crippen molar-refractivity contribution in [2.24, 2.45) is 0 Å². The highest BCUT2D eigenvalue weighted by Crippen LogP contribution is 2.30. The number of hydrogen-bond donors (Lipinski definition) is 2. The van der Waals surface area contributed by atoms with E-state index in [1.54, 1.807) is 25.1 Å². The van der Waals surface area contributed by atoms with Gasteiger partial charge in [-0.1, -0.05) is 30.3 Å². The number of benzene rings is 2. The fourth-order valence-corrected chi connectivity index (χ4v) is 3.45. The van der Waals surface area contributed by atoms with E-state index in [-0.39, 0.29) is 37.2 Å². The lowest BCUT2D eigenvalue weighted by Crippen LogP contribution is -2.45. The van der Waals surface area contributed by atoms with Gasteiger partial charge in [-0.2, -0.15) is 0 Å². The van der Waals surface area contributed by atoms with Crippen molar-refractivity contribution in [1.29, 1.82) is 0 Å². The van der Waals surface area contributed by atoms with Gasteiger partial charge in [-0.25, -0.2) is 0 Å². The van der Waals surface area contributed by atoms with Crippen molar-refractivity contribution < 1.29 is 19.1 Å². The summed E-state index contributed by atoms with van der Waals surface area (Å²) in [6.07, 6.45) is -0.312. The first-order valence-electron chi connectivity index (χ1n) is 10.0. The van der Waals surface area contributed by atoms with E-state index in [2.05, 4.69) is 10.6 Å². The van der Waals surface area contributed by atoms with Crippen LogP contribution in [-0.2, 0) is 16.1 Å². The lowest BCUT2D eigenvalue weighted by molar-refractivity contribution is -0.126. The SMILES string of the molecule is Cc1cc2ccccc2c(=O)n1CC(=O)NCC(=O)NC[C@@H]1COc2ccccc2O1. The van der Waals surface area contributed by atoms with Crippen molar-refractivity contribution in [3.63, 3.8) is 0 Å². The van der Waals surface area contributed by atoms with Crippen LogP contribution in [0.1, 0.15) is 5.69 Å². The number of aromatic nitrogens is 1. The number of fused-ring (bicyclic) bond motifs is 2. The Hall–Kier alpha value is -3.81. The molecule has 0 saturated carbocycles. The minimum atomic E-state index is -0.415. The number of nitrogens with one attached hydrogen (secondary N) is 2. The van der Waals surface area contributed by atoms with Gasteiger partial charge in [-0.3, -0.25) is 14.4 Å². The Balaban J connectivity index is 1.27. The highest BCUT2D eigenvalue weighted by Gasteiger charge is 2.21. The van der Waals surface area contributed by atoms with Crippen LogP contribution in [0, 0.1) is 6.92 Å². The Labute approximate surface area is 178 Å². The van der Waals surface area contributed by atoms with Crippen molar-refractivity contribution in [2.45, 2.75) is 19.6 Å². The van der Waals surface area contributed by atoms with E-state index in [4.69, 9.17) is 9.47 Å². The molecule has 160 valence electrons. The van der Waals surface area contributed by atoms with E-state index in [0.717, 1.165) is 5.39 Å². The van der Waals surface area contributed by atoms with Crippen LogP contribution < -0.4 is 25.7 Å². The molecule has 2 amide bonds. The van der Waals surface area contributed by atoms with Crippen LogP contribution in [0.25, 0.3) is 10.8 Å². The van der Waals surface area contributed by atoms with Gasteiger partial charge in [-0.05, 0) is 36.6 Å². The molecule has 0 fully saturated rings. The minimum absolute atomic E-state index is 0.154. The van der Waals surface area contributed by atoms with Crippen molar-refractivity contribution in [3.05, 3.63) is 70.6 Å². The van der Waals surface area contributed by atoms with Gasteiger partial charge in [0.05, 0.1) is 13.1 Å².